The lowest BCUT2D eigenvalue weighted by molar-refractivity contribution is 0.668. The number of aromatic nitrogens is 2. The number of fused-ring (bicyclic) bond motifs is 7. The largest absolute Gasteiger partial charge is 0.452 e. The minimum atomic E-state index is 0.782. The number of anilines is 3. The van der Waals surface area contributed by atoms with Gasteiger partial charge in [0.15, 0.2) is 11.2 Å². The van der Waals surface area contributed by atoms with Crippen LogP contribution in [-0.2, 0) is 0 Å². The average molecular weight is 628 g/mol. The fourth-order valence-electron chi connectivity index (χ4n) is 7.49. The predicted octanol–water partition coefficient (Wildman–Crippen LogP) is 12.4. The van der Waals surface area contributed by atoms with Crippen LogP contribution in [-0.4, -0.2) is 9.55 Å². The van der Waals surface area contributed by atoms with Crippen molar-refractivity contribution in [2.75, 3.05) is 4.90 Å². The van der Waals surface area contributed by atoms with Crippen LogP contribution in [0.4, 0.5) is 17.1 Å². The smallest absolute Gasteiger partial charge is 0.161 e. The van der Waals surface area contributed by atoms with Gasteiger partial charge in [-0.25, -0.2) is 0 Å². The zero-order chi connectivity index (χ0) is 32.3. The van der Waals surface area contributed by atoms with E-state index in [1.165, 1.54) is 43.8 Å². The maximum absolute atomic E-state index is 6.44. The maximum Gasteiger partial charge on any atom is 0.161 e. The molecule has 0 atom stereocenters. The molecule has 0 unspecified atom stereocenters. The number of hydrogen-bond acceptors (Lipinski definition) is 3. The highest BCUT2D eigenvalue weighted by atomic mass is 16.3. The summed E-state index contributed by atoms with van der Waals surface area (Å²) in [5.41, 5.74) is 11.5. The molecule has 0 radical (unpaired) electrons. The molecule has 10 aromatic rings. The van der Waals surface area contributed by atoms with Gasteiger partial charge >= 0.3 is 0 Å². The lowest BCUT2D eigenvalue weighted by Crippen LogP contribution is -2.10. The van der Waals surface area contributed by atoms with E-state index in [9.17, 15) is 0 Å². The summed E-state index contributed by atoms with van der Waals surface area (Å²) in [5.74, 6) is 0. The Kier molecular flexibility index (Phi) is 6.15. The van der Waals surface area contributed by atoms with Crippen molar-refractivity contribution in [3.63, 3.8) is 0 Å². The van der Waals surface area contributed by atoms with E-state index >= 15 is 0 Å². The van der Waals surface area contributed by atoms with Crippen molar-refractivity contribution in [2.45, 2.75) is 0 Å². The molecule has 0 saturated heterocycles. The highest BCUT2D eigenvalue weighted by Gasteiger charge is 2.20. The molecule has 0 fully saturated rings. The maximum atomic E-state index is 6.44. The first-order valence-electron chi connectivity index (χ1n) is 16.6. The van der Waals surface area contributed by atoms with Gasteiger partial charge in [-0.3, -0.25) is 4.98 Å². The second-order valence-electron chi connectivity index (χ2n) is 12.4. The number of benzene rings is 7. The molecular weight excluding hydrogens is 599 g/mol. The SMILES string of the molecule is c1ccc(N(c2ccc(-c3ccc(-n4c5ccccc5c5ccccc54)c4ccccc34)cc2)c2cccc3c2oc2cccnc23)cc1. The van der Waals surface area contributed by atoms with E-state index < -0.39 is 0 Å². The average Bonchev–Trinajstić information content (AvgIpc) is 3.72. The molecule has 0 N–H and O–H groups in total. The van der Waals surface area contributed by atoms with Gasteiger partial charge in [0.2, 0.25) is 0 Å². The van der Waals surface area contributed by atoms with E-state index in [-0.39, 0.29) is 0 Å². The van der Waals surface area contributed by atoms with Crippen LogP contribution in [0, 0.1) is 0 Å². The molecule has 4 nitrogen and oxygen atoms in total. The molecule has 49 heavy (non-hydrogen) atoms. The van der Waals surface area contributed by atoms with Crippen LogP contribution in [0.15, 0.2) is 180 Å². The van der Waals surface area contributed by atoms with E-state index in [0.29, 0.717) is 0 Å². The summed E-state index contributed by atoms with van der Waals surface area (Å²) in [6.45, 7) is 0. The molecule has 0 spiro atoms. The van der Waals surface area contributed by atoms with Crippen LogP contribution in [0.5, 0.6) is 0 Å². The zero-order valence-electron chi connectivity index (χ0n) is 26.5. The monoisotopic (exact) mass is 627 g/mol. The molecule has 3 heterocycles. The van der Waals surface area contributed by atoms with Gasteiger partial charge in [-0.15, -0.1) is 0 Å². The number of furan rings is 1. The first kappa shape index (κ1) is 27.5. The molecule has 10 rings (SSSR count). The molecule has 0 aliphatic heterocycles. The number of pyridine rings is 1. The van der Waals surface area contributed by atoms with Crippen molar-refractivity contribution in [1.29, 1.82) is 0 Å². The van der Waals surface area contributed by atoms with Crippen LogP contribution in [0.3, 0.4) is 0 Å². The summed E-state index contributed by atoms with van der Waals surface area (Å²) in [7, 11) is 0. The first-order valence-corrected chi connectivity index (χ1v) is 16.6. The van der Waals surface area contributed by atoms with Gasteiger partial charge in [-0.05, 0) is 83.2 Å². The van der Waals surface area contributed by atoms with Crippen molar-refractivity contribution in [3.05, 3.63) is 176 Å². The van der Waals surface area contributed by atoms with E-state index in [1.807, 2.05) is 24.4 Å². The molecular formula is C45H29N3O. The molecule has 0 saturated carbocycles. The van der Waals surface area contributed by atoms with Gasteiger partial charge in [0.1, 0.15) is 5.52 Å². The van der Waals surface area contributed by atoms with Gasteiger partial charge in [-0.2, -0.15) is 0 Å². The Morgan fingerprint density at radius 2 is 1.10 bits per heavy atom. The number of nitrogens with zero attached hydrogens (tertiary/aromatic N) is 3. The third-order valence-electron chi connectivity index (χ3n) is 9.65. The van der Waals surface area contributed by atoms with Gasteiger partial charge in [0.05, 0.1) is 22.4 Å². The van der Waals surface area contributed by atoms with E-state index in [0.717, 1.165) is 44.7 Å². The second-order valence-corrected chi connectivity index (χ2v) is 12.4. The molecule has 230 valence electrons. The summed E-state index contributed by atoms with van der Waals surface area (Å²) in [6.07, 6.45) is 1.82. The minimum absolute atomic E-state index is 0.782. The molecule has 0 aliphatic rings. The number of hydrogen-bond donors (Lipinski definition) is 0. The molecule has 3 aromatic heterocycles. The highest BCUT2D eigenvalue weighted by Crippen LogP contribution is 2.43. The zero-order valence-corrected chi connectivity index (χ0v) is 26.5. The number of rotatable bonds is 5. The Bertz CT molecular complexity index is 2780. The predicted molar refractivity (Wildman–Crippen MR) is 203 cm³/mol. The van der Waals surface area contributed by atoms with E-state index in [4.69, 9.17) is 4.42 Å². The highest BCUT2D eigenvalue weighted by molar-refractivity contribution is 6.12. The lowest BCUT2D eigenvalue weighted by atomic mass is 9.96. The molecule has 7 aromatic carbocycles. The van der Waals surface area contributed by atoms with Gasteiger partial charge in [0.25, 0.3) is 0 Å². The molecule has 4 heteroatoms. The van der Waals surface area contributed by atoms with Crippen molar-refractivity contribution < 1.29 is 4.42 Å². The van der Waals surface area contributed by atoms with Crippen LogP contribution in [0.25, 0.3) is 71.5 Å². The standard InChI is InChI=1S/C45H29N3O/c1-2-12-31(13-3-1)47(42-21-10-18-38-44-43(49-45(38)42)22-11-29-46-44)32-25-23-30(24-26-32)33-27-28-41(35-15-5-4-14-34(33)35)48-39-19-8-6-16-36(39)37-17-7-9-20-40(37)48/h1-29H. The van der Waals surface area contributed by atoms with Crippen LogP contribution >= 0.6 is 0 Å². The van der Waals surface area contributed by atoms with Crippen LogP contribution < -0.4 is 4.90 Å². The van der Waals surface area contributed by atoms with E-state index in [1.54, 1.807) is 0 Å². The van der Waals surface area contributed by atoms with Crippen molar-refractivity contribution in [1.82, 2.24) is 9.55 Å². The van der Waals surface area contributed by atoms with Crippen LogP contribution in [0.2, 0.25) is 0 Å². The third kappa shape index (κ3) is 4.28. The fraction of sp³-hybridized carbons (Fsp3) is 0. The quantitative estimate of drug-likeness (QED) is 0.190. The first-order chi connectivity index (χ1) is 24.3. The molecule has 0 bridgehead atoms. The van der Waals surface area contributed by atoms with Crippen molar-refractivity contribution >= 4 is 71.7 Å². The Hall–Kier alpha value is -6.65. The molecule has 0 amide bonds. The van der Waals surface area contributed by atoms with Gasteiger partial charge in [-0.1, -0.05) is 103 Å². The summed E-state index contributed by atoms with van der Waals surface area (Å²) in [4.78, 5) is 6.89. The Morgan fingerprint density at radius 1 is 0.469 bits per heavy atom. The summed E-state index contributed by atoms with van der Waals surface area (Å²) >= 11 is 0. The Labute approximate surface area is 282 Å². The Balaban J connectivity index is 1.12. The summed E-state index contributed by atoms with van der Waals surface area (Å²) < 4.78 is 8.85. The minimum Gasteiger partial charge on any atom is -0.452 e. The normalized spacial score (nSPS) is 11.7. The summed E-state index contributed by atoms with van der Waals surface area (Å²) in [6, 6.07) is 60.2. The fourth-order valence-corrected chi connectivity index (χ4v) is 7.49. The van der Waals surface area contributed by atoms with E-state index in [2.05, 4.69) is 166 Å². The topological polar surface area (TPSA) is 34.2 Å². The van der Waals surface area contributed by atoms with Gasteiger partial charge < -0.3 is 13.9 Å². The summed E-state index contributed by atoms with van der Waals surface area (Å²) in [5, 5.41) is 5.96. The third-order valence-corrected chi connectivity index (χ3v) is 9.65. The molecule has 0 aliphatic carbocycles. The second kappa shape index (κ2) is 11.0. The van der Waals surface area contributed by atoms with Crippen molar-refractivity contribution in [2.24, 2.45) is 0 Å². The number of para-hydroxylation sites is 4. The lowest BCUT2D eigenvalue weighted by Gasteiger charge is -2.25. The van der Waals surface area contributed by atoms with Crippen LogP contribution in [0.1, 0.15) is 0 Å². The van der Waals surface area contributed by atoms with Crippen molar-refractivity contribution in [3.8, 4) is 16.8 Å². The van der Waals surface area contributed by atoms with Gasteiger partial charge in [0, 0.05) is 39.1 Å². The Morgan fingerprint density at radius 3 is 1.86 bits per heavy atom.